The number of urea groups is 1. The average molecular weight is 343 g/mol. The second kappa shape index (κ2) is 7.71. The van der Waals surface area contributed by atoms with Crippen molar-refractivity contribution in [2.75, 3.05) is 11.9 Å². The quantitative estimate of drug-likeness (QED) is 0.640. The Bertz CT molecular complexity index is 773. The maximum absolute atomic E-state index is 11.9. The van der Waals surface area contributed by atoms with Crippen molar-refractivity contribution in [3.05, 3.63) is 64.7 Å². The Morgan fingerprint density at radius 3 is 2.96 bits per heavy atom. The predicted octanol–water partition coefficient (Wildman–Crippen LogP) is 2.24. The van der Waals surface area contributed by atoms with E-state index in [1.807, 2.05) is 35.7 Å². The van der Waals surface area contributed by atoms with Gasteiger partial charge in [0.05, 0.1) is 18.8 Å². The number of aliphatic hydroxyl groups excluding tert-OH is 1. The number of hydrogen-bond acceptors (Lipinski definition) is 5. The summed E-state index contributed by atoms with van der Waals surface area (Å²) in [7, 11) is 0. The van der Waals surface area contributed by atoms with Gasteiger partial charge in [-0.2, -0.15) is 5.10 Å². The van der Waals surface area contributed by atoms with Crippen LogP contribution in [0.1, 0.15) is 16.7 Å². The van der Waals surface area contributed by atoms with E-state index in [2.05, 4.69) is 20.7 Å². The fourth-order valence-corrected chi connectivity index (χ4v) is 2.82. The molecule has 3 rings (SSSR count). The first kappa shape index (κ1) is 16.2. The number of anilines is 1. The largest absolute Gasteiger partial charge is 0.386 e. The number of rotatable bonds is 6. The molecule has 0 aromatic carbocycles. The van der Waals surface area contributed by atoms with E-state index in [4.69, 9.17) is 0 Å². The minimum Gasteiger partial charge on any atom is -0.386 e. The number of aromatic nitrogens is 3. The van der Waals surface area contributed by atoms with Crippen LogP contribution >= 0.6 is 11.3 Å². The summed E-state index contributed by atoms with van der Waals surface area (Å²) in [6.45, 7) is 0.669. The molecule has 3 heterocycles. The Hall–Kier alpha value is -2.71. The van der Waals surface area contributed by atoms with Crippen molar-refractivity contribution in [2.24, 2.45) is 0 Å². The first-order chi connectivity index (χ1) is 11.7. The molecule has 0 spiro atoms. The van der Waals surface area contributed by atoms with Crippen molar-refractivity contribution in [2.45, 2.75) is 12.6 Å². The lowest BCUT2D eigenvalue weighted by molar-refractivity contribution is 0.178. The highest BCUT2D eigenvalue weighted by atomic mass is 32.1. The lowest BCUT2D eigenvalue weighted by Gasteiger charge is -2.10. The summed E-state index contributed by atoms with van der Waals surface area (Å²) in [5.74, 6) is 0.439. The summed E-state index contributed by atoms with van der Waals surface area (Å²) < 4.78 is 1.69. The van der Waals surface area contributed by atoms with Crippen LogP contribution in [0.5, 0.6) is 0 Å². The van der Waals surface area contributed by atoms with Gasteiger partial charge in [-0.25, -0.2) is 4.79 Å². The molecule has 3 aromatic rings. The number of aliphatic hydroxyl groups is 1. The van der Waals surface area contributed by atoms with Crippen LogP contribution in [-0.2, 0) is 6.54 Å². The van der Waals surface area contributed by atoms with Crippen LogP contribution in [0, 0.1) is 0 Å². The van der Waals surface area contributed by atoms with Gasteiger partial charge in [-0.1, -0.05) is 12.1 Å². The van der Waals surface area contributed by atoms with E-state index in [0.29, 0.717) is 12.4 Å². The minimum absolute atomic E-state index is 0.140. The second-order valence-corrected chi connectivity index (χ2v) is 6.07. The third-order valence-electron chi connectivity index (χ3n) is 3.26. The average Bonchev–Trinajstić information content (AvgIpc) is 3.26. The molecular formula is C16H17N5O2S. The van der Waals surface area contributed by atoms with E-state index in [1.165, 1.54) is 11.3 Å². The van der Waals surface area contributed by atoms with Crippen molar-refractivity contribution in [3.8, 4) is 0 Å². The molecule has 0 aliphatic rings. The summed E-state index contributed by atoms with van der Waals surface area (Å²) >= 11 is 1.45. The summed E-state index contributed by atoms with van der Waals surface area (Å²) in [6.07, 6.45) is 2.78. The fraction of sp³-hybridized carbons (Fsp3) is 0.188. The Morgan fingerprint density at radius 2 is 2.21 bits per heavy atom. The van der Waals surface area contributed by atoms with Gasteiger partial charge in [0.25, 0.3) is 0 Å². The highest BCUT2D eigenvalue weighted by Gasteiger charge is 2.11. The third kappa shape index (κ3) is 4.40. The van der Waals surface area contributed by atoms with Crippen molar-refractivity contribution >= 4 is 23.2 Å². The van der Waals surface area contributed by atoms with Crippen LogP contribution in [0.25, 0.3) is 0 Å². The van der Waals surface area contributed by atoms with Crippen molar-refractivity contribution in [3.63, 3.8) is 0 Å². The van der Waals surface area contributed by atoms with Gasteiger partial charge >= 0.3 is 6.03 Å². The first-order valence-corrected chi connectivity index (χ1v) is 8.28. The summed E-state index contributed by atoms with van der Waals surface area (Å²) in [4.78, 5) is 16.9. The van der Waals surface area contributed by atoms with Crippen molar-refractivity contribution in [1.82, 2.24) is 20.1 Å². The fourth-order valence-electron chi connectivity index (χ4n) is 2.11. The Kier molecular flexibility index (Phi) is 5.19. The Balaban J connectivity index is 1.48. The molecule has 0 radical (unpaired) electrons. The highest BCUT2D eigenvalue weighted by molar-refractivity contribution is 7.10. The molecule has 0 bridgehead atoms. The van der Waals surface area contributed by atoms with Gasteiger partial charge < -0.3 is 10.4 Å². The van der Waals surface area contributed by atoms with Crippen LogP contribution in [0.15, 0.2) is 54.2 Å². The summed E-state index contributed by atoms with van der Waals surface area (Å²) in [5.41, 5.74) is 0.885. The number of nitrogens with one attached hydrogen (secondary N) is 2. The van der Waals surface area contributed by atoms with Gasteiger partial charge in [-0.15, -0.1) is 11.3 Å². The SMILES string of the molecule is O=C(NCC(O)c1cccs1)Nc1ccn(Cc2ccccn2)n1. The molecule has 3 N–H and O–H groups in total. The monoisotopic (exact) mass is 343 g/mol. The highest BCUT2D eigenvalue weighted by Crippen LogP contribution is 2.17. The van der Waals surface area contributed by atoms with Crippen molar-refractivity contribution in [1.29, 1.82) is 0 Å². The van der Waals surface area contributed by atoms with Gasteiger partial charge in [0, 0.05) is 23.3 Å². The van der Waals surface area contributed by atoms with Gasteiger partial charge in [0.15, 0.2) is 5.82 Å². The minimum atomic E-state index is -0.711. The topological polar surface area (TPSA) is 92.1 Å². The molecule has 2 amide bonds. The van der Waals surface area contributed by atoms with E-state index < -0.39 is 12.1 Å². The first-order valence-electron chi connectivity index (χ1n) is 7.40. The van der Waals surface area contributed by atoms with E-state index in [1.54, 1.807) is 23.1 Å². The molecule has 0 aliphatic carbocycles. The summed E-state index contributed by atoms with van der Waals surface area (Å²) in [5, 5.41) is 21.3. The zero-order valence-corrected chi connectivity index (χ0v) is 13.6. The number of hydrogen-bond donors (Lipinski definition) is 3. The molecule has 1 unspecified atom stereocenters. The zero-order chi connectivity index (χ0) is 16.8. The van der Waals surface area contributed by atoms with Crippen molar-refractivity contribution < 1.29 is 9.90 Å². The zero-order valence-electron chi connectivity index (χ0n) is 12.8. The lowest BCUT2D eigenvalue weighted by Crippen LogP contribution is -2.32. The van der Waals surface area contributed by atoms with E-state index in [-0.39, 0.29) is 6.54 Å². The van der Waals surface area contributed by atoms with E-state index in [9.17, 15) is 9.90 Å². The normalized spacial score (nSPS) is 11.9. The number of amides is 2. The van der Waals surface area contributed by atoms with Crippen LogP contribution < -0.4 is 10.6 Å². The molecule has 8 heteroatoms. The van der Waals surface area contributed by atoms with Crippen LogP contribution in [-0.4, -0.2) is 32.4 Å². The van der Waals surface area contributed by atoms with E-state index >= 15 is 0 Å². The number of carbonyl (C=O) groups excluding carboxylic acids is 1. The lowest BCUT2D eigenvalue weighted by atomic mass is 10.3. The standard InChI is InChI=1S/C16H17N5O2S/c22-13(14-5-3-9-24-14)10-18-16(23)19-15-6-8-21(20-15)11-12-4-1-2-7-17-12/h1-9,13,22H,10-11H2,(H2,18,19,20,23). The smallest absolute Gasteiger partial charge is 0.320 e. The molecule has 7 nitrogen and oxygen atoms in total. The number of thiophene rings is 1. The number of carbonyl (C=O) groups is 1. The molecule has 1 atom stereocenters. The van der Waals surface area contributed by atoms with Crippen LogP contribution in [0.3, 0.4) is 0 Å². The molecule has 24 heavy (non-hydrogen) atoms. The van der Waals surface area contributed by atoms with Gasteiger partial charge in [-0.05, 0) is 23.6 Å². The number of nitrogens with zero attached hydrogens (tertiary/aromatic N) is 3. The van der Waals surface area contributed by atoms with Crippen LogP contribution in [0.2, 0.25) is 0 Å². The predicted molar refractivity (Wildman–Crippen MR) is 91.9 cm³/mol. The molecule has 0 saturated heterocycles. The molecule has 3 aromatic heterocycles. The van der Waals surface area contributed by atoms with Gasteiger partial charge in [0.2, 0.25) is 0 Å². The molecule has 0 aliphatic heterocycles. The Labute approximate surface area is 143 Å². The maximum atomic E-state index is 11.9. The second-order valence-electron chi connectivity index (χ2n) is 5.09. The number of pyridine rings is 1. The third-order valence-corrected chi connectivity index (χ3v) is 4.23. The van der Waals surface area contributed by atoms with Crippen LogP contribution in [0.4, 0.5) is 10.6 Å². The molecule has 0 saturated carbocycles. The summed E-state index contributed by atoms with van der Waals surface area (Å²) in [6, 6.07) is 10.7. The molecular weight excluding hydrogens is 326 g/mol. The molecule has 124 valence electrons. The van der Waals surface area contributed by atoms with E-state index in [0.717, 1.165) is 10.6 Å². The van der Waals surface area contributed by atoms with Gasteiger partial charge in [-0.3, -0.25) is 15.0 Å². The maximum Gasteiger partial charge on any atom is 0.320 e. The molecule has 0 fully saturated rings. The Morgan fingerprint density at radius 1 is 1.29 bits per heavy atom. The van der Waals surface area contributed by atoms with Gasteiger partial charge in [0.1, 0.15) is 6.10 Å².